The van der Waals surface area contributed by atoms with E-state index in [0.717, 1.165) is 50.1 Å². The Labute approximate surface area is 132 Å². The molecule has 2 fully saturated rings. The number of ether oxygens (including phenoxy) is 1. The summed E-state index contributed by atoms with van der Waals surface area (Å²) in [6.45, 7) is 2.72. The molecule has 1 N–H and O–H groups in total. The van der Waals surface area contributed by atoms with Crippen LogP contribution in [0, 0.1) is 5.41 Å². The van der Waals surface area contributed by atoms with Gasteiger partial charge >= 0.3 is 0 Å². The minimum absolute atomic E-state index is 0.103. The molecule has 4 heteroatoms. The minimum atomic E-state index is -0.838. The fraction of sp³-hybridized carbons (Fsp3) is 0.611. The van der Waals surface area contributed by atoms with Gasteiger partial charge in [0.05, 0.1) is 18.1 Å². The third-order valence-corrected chi connectivity index (χ3v) is 5.69. The Bertz CT molecular complexity index is 556. The number of hydrogen-bond donors (Lipinski definition) is 1. The standard InChI is InChI=1S/C18H25NO3/c1-3-18(21)12-4-10-17(18)11-5-13-19(16(17)20)14-6-8-15(22-2)9-7-14/h6-9,21H,3-5,10-13H2,1-2H3/t17-,18+/m0/s1. The summed E-state index contributed by atoms with van der Waals surface area (Å²) in [5, 5.41) is 11.0. The molecule has 1 aliphatic heterocycles. The molecule has 1 heterocycles. The molecule has 2 atom stereocenters. The van der Waals surface area contributed by atoms with Gasteiger partial charge in [0.2, 0.25) is 5.91 Å². The molecule has 1 saturated carbocycles. The molecular weight excluding hydrogens is 278 g/mol. The predicted octanol–water partition coefficient (Wildman–Crippen LogP) is 3.13. The number of benzene rings is 1. The molecule has 1 saturated heterocycles. The highest BCUT2D eigenvalue weighted by Gasteiger charge is 2.59. The maximum absolute atomic E-state index is 13.2. The molecule has 0 aromatic heterocycles. The van der Waals surface area contributed by atoms with Crippen LogP contribution in [-0.4, -0.2) is 30.3 Å². The van der Waals surface area contributed by atoms with Gasteiger partial charge in [-0.05, 0) is 62.8 Å². The summed E-state index contributed by atoms with van der Waals surface area (Å²) in [7, 11) is 1.63. The Morgan fingerprint density at radius 3 is 2.50 bits per heavy atom. The third kappa shape index (κ3) is 2.12. The first-order valence-corrected chi connectivity index (χ1v) is 8.25. The first kappa shape index (κ1) is 15.3. The number of carbonyl (C=O) groups is 1. The molecule has 2 aliphatic rings. The van der Waals surface area contributed by atoms with E-state index in [0.29, 0.717) is 6.42 Å². The number of methoxy groups -OCH3 is 1. The lowest BCUT2D eigenvalue weighted by Gasteiger charge is -2.47. The van der Waals surface area contributed by atoms with Crippen molar-refractivity contribution in [2.75, 3.05) is 18.6 Å². The van der Waals surface area contributed by atoms with Gasteiger partial charge in [0.15, 0.2) is 0 Å². The van der Waals surface area contributed by atoms with Crippen LogP contribution >= 0.6 is 0 Å². The highest BCUT2D eigenvalue weighted by molar-refractivity contribution is 5.99. The summed E-state index contributed by atoms with van der Waals surface area (Å²) in [5.41, 5.74) is -0.523. The van der Waals surface area contributed by atoms with Gasteiger partial charge in [-0.15, -0.1) is 0 Å². The Balaban J connectivity index is 1.92. The van der Waals surface area contributed by atoms with Crippen molar-refractivity contribution in [3.8, 4) is 5.75 Å². The second-order valence-electron chi connectivity index (χ2n) is 6.58. The van der Waals surface area contributed by atoms with Crippen LogP contribution in [0.15, 0.2) is 24.3 Å². The van der Waals surface area contributed by atoms with E-state index in [1.54, 1.807) is 7.11 Å². The van der Waals surface area contributed by atoms with Crippen LogP contribution in [0.1, 0.15) is 45.4 Å². The van der Waals surface area contributed by atoms with Gasteiger partial charge in [0.1, 0.15) is 5.75 Å². The van der Waals surface area contributed by atoms with Gasteiger partial charge in [0.25, 0.3) is 0 Å². The SMILES string of the molecule is CC[C@@]1(O)CCC[C@@]12CCCN(c1ccc(OC)cc1)C2=O. The highest BCUT2D eigenvalue weighted by atomic mass is 16.5. The summed E-state index contributed by atoms with van der Waals surface area (Å²) in [4.78, 5) is 15.1. The quantitative estimate of drug-likeness (QED) is 0.933. The van der Waals surface area contributed by atoms with Crippen molar-refractivity contribution in [2.45, 2.75) is 51.0 Å². The number of amides is 1. The van der Waals surface area contributed by atoms with E-state index in [-0.39, 0.29) is 5.91 Å². The molecule has 3 rings (SSSR count). The van der Waals surface area contributed by atoms with Gasteiger partial charge < -0.3 is 14.7 Å². The van der Waals surface area contributed by atoms with Gasteiger partial charge in [-0.25, -0.2) is 0 Å². The monoisotopic (exact) mass is 303 g/mol. The van der Waals surface area contributed by atoms with Crippen LogP contribution in [0.5, 0.6) is 5.75 Å². The summed E-state index contributed by atoms with van der Waals surface area (Å²) in [5.74, 6) is 0.889. The molecule has 4 nitrogen and oxygen atoms in total. The van der Waals surface area contributed by atoms with Crippen LogP contribution < -0.4 is 9.64 Å². The summed E-state index contributed by atoms with van der Waals surface area (Å²) < 4.78 is 5.18. The minimum Gasteiger partial charge on any atom is -0.497 e. The van der Waals surface area contributed by atoms with Crippen LogP contribution in [0.3, 0.4) is 0 Å². The van der Waals surface area contributed by atoms with Crippen molar-refractivity contribution < 1.29 is 14.6 Å². The van der Waals surface area contributed by atoms with E-state index in [1.807, 2.05) is 36.1 Å². The predicted molar refractivity (Wildman–Crippen MR) is 86.1 cm³/mol. The molecule has 1 spiro atoms. The second-order valence-corrected chi connectivity index (χ2v) is 6.58. The first-order valence-electron chi connectivity index (χ1n) is 8.25. The van der Waals surface area contributed by atoms with E-state index >= 15 is 0 Å². The lowest BCUT2D eigenvalue weighted by Crippen LogP contribution is -2.58. The molecule has 0 bridgehead atoms. The van der Waals surface area contributed by atoms with Gasteiger partial charge in [-0.2, -0.15) is 0 Å². The molecule has 1 amide bonds. The molecule has 1 aromatic rings. The maximum Gasteiger partial charge on any atom is 0.236 e. The van der Waals surface area contributed by atoms with Crippen molar-refractivity contribution >= 4 is 11.6 Å². The number of rotatable bonds is 3. The molecule has 0 unspecified atom stereocenters. The maximum atomic E-state index is 13.2. The summed E-state index contributed by atoms with van der Waals surface area (Å²) >= 11 is 0. The number of anilines is 1. The molecule has 1 aromatic carbocycles. The average Bonchev–Trinajstić information content (AvgIpc) is 2.88. The van der Waals surface area contributed by atoms with Crippen molar-refractivity contribution in [3.63, 3.8) is 0 Å². The Morgan fingerprint density at radius 2 is 1.86 bits per heavy atom. The zero-order valence-electron chi connectivity index (χ0n) is 13.5. The summed E-state index contributed by atoms with van der Waals surface area (Å²) in [6, 6.07) is 7.61. The number of hydrogen-bond acceptors (Lipinski definition) is 3. The van der Waals surface area contributed by atoms with Crippen molar-refractivity contribution in [3.05, 3.63) is 24.3 Å². The lowest BCUT2D eigenvalue weighted by molar-refractivity contribution is -0.148. The number of carbonyl (C=O) groups excluding carboxylic acids is 1. The van der Waals surface area contributed by atoms with Crippen LogP contribution in [0.4, 0.5) is 5.69 Å². The smallest absolute Gasteiger partial charge is 0.236 e. The van der Waals surface area contributed by atoms with Crippen LogP contribution in [-0.2, 0) is 4.79 Å². The average molecular weight is 303 g/mol. The second kappa shape index (κ2) is 5.58. The molecular formula is C18H25NO3. The first-order chi connectivity index (χ1) is 10.6. The van der Waals surface area contributed by atoms with Gasteiger partial charge in [-0.1, -0.05) is 6.92 Å². The zero-order valence-corrected chi connectivity index (χ0v) is 13.5. The molecule has 22 heavy (non-hydrogen) atoms. The van der Waals surface area contributed by atoms with Crippen LogP contribution in [0.2, 0.25) is 0 Å². The van der Waals surface area contributed by atoms with E-state index < -0.39 is 11.0 Å². The number of nitrogens with zero attached hydrogens (tertiary/aromatic N) is 1. The van der Waals surface area contributed by atoms with E-state index in [4.69, 9.17) is 4.74 Å². The molecule has 0 radical (unpaired) electrons. The normalized spacial score (nSPS) is 31.8. The largest absolute Gasteiger partial charge is 0.497 e. The Hall–Kier alpha value is -1.55. The van der Waals surface area contributed by atoms with E-state index in [9.17, 15) is 9.90 Å². The van der Waals surface area contributed by atoms with Gasteiger partial charge in [0, 0.05) is 12.2 Å². The third-order valence-electron chi connectivity index (χ3n) is 5.69. The topological polar surface area (TPSA) is 49.8 Å². The fourth-order valence-electron chi connectivity index (χ4n) is 4.35. The van der Waals surface area contributed by atoms with Crippen molar-refractivity contribution in [1.82, 2.24) is 0 Å². The summed E-state index contributed by atoms with van der Waals surface area (Å²) in [6.07, 6.45) is 4.89. The lowest BCUT2D eigenvalue weighted by atomic mass is 9.67. The molecule has 1 aliphatic carbocycles. The Kier molecular flexibility index (Phi) is 3.89. The van der Waals surface area contributed by atoms with Gasteiger partial charge in [-0.3, -0.25) is 4.79 Å². The van der Waals surface area contributed by atoms with E-state index in [2.05, 4.69) is 0 Å². The van der Waals surface area contributed by atoms with E-state index in [1.165, 1.54) is 0 Å². The van der Waals surface area contributed by atoms with Crippen molar-refractivity contribution in [2.24, 2.45) is 5.41 Å². The highest BCUT2D eigenvalue weighted by Crippen LogP contribution is 2.54. The molecule has 120 valence electrons. The van der Waals surface area contributed by atoms with Crippen molar-refractivity contribution in [1.29, 1.82) is 0 Å². The van der Waals surface area contributed by atoms with Crippen LogP contribution in [0.25, 0.3) is 0 Å². The number of aliphatic hydroxyl groups is 1. The Morgan fingerprint density at radius 1 is 1.18 bits per heavy atom. The number of piperidine rings is 1. The zero-order chi connectivity index (χ0) is 15.8. The fourth-order valence-corrected chi connectivity index (χ4v) is 4.35.